The van der Waals surface area contributed by atoms with E-state index in [0.29, 0.717) is 34.4 Å². The molecule has 0 saturated heterocycles. The van der Waals surface area contributed by atoms with E-state index in [2.05, 4.69) is 20.3 Å². The topological polar surface area (TPSA) is 97.2 Å². The average Bonchev–Trinajstić information content (AvgIpc) is 3.34. The number of aliphatic hydroxyl groups excluding tert-OH is 1. The predicted octanol–water partition coefficient (Wildman–Crippen LogP) is 4.36. The summed E-state index contributed by atoms with van der Waals surface area (Å²) in [5.41, 5.74) is 3.28. The molecule has 3 aromatic heterocycles. The van der Waals surface area contributed by atoms with Crippen LogP contribution in [-0.2, 0) is 11.2 Å². The minimum absolute atomic E-state index is 0.0695. The maximum atomic E-state index is 13.5. The Bertz CT molecular complexity index is 1190. The molecule has 2 aliphatic rings. The van der Waals surface area contributed by atoms with E-state index in [9.17, 15) is 9.90 Å². The van der Waals surface area contributed by atoms with Crippen molar-refractivity contribution in [2.75, 3.05) is 11.9 Å². The number of hydrogen-bond acceptors (Lipinski definition) is 8. The molecule has 4 atom stereocenters. The maximum absolute atomic E-state index is 13.5. The standard InChI is InChI=1S/C24H25ClN4O3S/c1-12-7-15(8-18(12)30)28-24-17(10-26-11-27-24)22(31)19-9-16(13(2)33-19)23-21-14(5-6-32-23)3-4-20(25)29-21/h3-4,9-12,15,18,23,30H,5-8H2,1-2H3,(H,26,27,28)/t12-,15-,18-,23-/m1/s1. The van der Waals surface area contributed by atoms with Gasteiger partial charge in [0.2, 0.25) is 5.78 Å². The molecule has 4 heterocycles. The number of ketones is 1. The number of nitrogens with zero attached hydrogens (tertiary/aromatic N) is 3. The number of thiophene rings is 1. The quantitative estimate of drug-likeness (QED) is 0.410. The lowest BCUT2D eigenvalue weighted by Crippen LogP contribution is -2.20. The Balaban J connectivity index is 1.43. The molecule has 172 valence electrons. The molecule has 0 amide bonds. The summed E-state index contributed by atoms with van der Waals surface area (Å²) in [7, 11) is 0. The Morgan fingerprint density at radius 2 is 2.18 bits per heavy atom. The molecule has 9 heteroatoms. The van der Waals surface area contributed by atoms with Crippen LogP contribution in [0.4, 0.5) is 5.82 Å². The van der Waals surface area contributed by atoms with Crippen molar-refractivity contribution in [1.29, 1.82) is 0 Å². The van der Waals surface area contributed by atoms with E-state index in [0.717, 1.165) is 34.5 Å². The van der Waals surface area contributed by atoms with Crippen LogP contribution in [0.3, 0.4) is 0 Å². The van der Waals surface area contributed by atoms with Crippen molar-refractivity contribution in [2.24, 2.45) is 5.92 Å². The first-order chi connectivity index (χ1) is 15.9. The molecular formula is C24H25ClN4O3S. The molecule has 1 fully saturated rings. The van der Waals surface area contributed by atoms with E-state index in [1.807, 2.05) is 26.0 Å². The third kappa shape index (κ3) is 4.40. The minimum Gasteiger partial charge on any atom is -0.393 e. The van der Waals surface area contributed by atoms with E-state index in [4.69, 9.17) is 16.3 Å². The van der Waals surface area contributed by atoms with Crippen LogP contribution in [-0.4, -0.2) is 44.6 Å². The maximum Gasteiger partial charge on any atom is 0.208 e. The van der Waals surface area contributed by atoms with Gasteiger partial charge in [-0.3, -0.25) is 4.79 Å². The van der Waals surface area contributed by atoms with Gasteiger partial charge in [0, 0.05) is 22.7 Å². The summed E-state index contributed by atoms with van der Waals surface area (Å²) in [4.78, 5) is 28.0. The first-order valence-corrected chi connectivity index (χ1v) is 12.3. The molecule has 3 aromatic rings. The lowest BCUT2D eigenvalue weighted by atomic mass is 9.98. The van der Waals surface area contributed by atoms with Crippen molar-refractivity contribution in [3.05, 3.63) is 68.0 Å². The Morgan fingerprint density at radius 1 is 1.33 bits per heavy atom. The Labute approximate surface area is 201 Å². The van der Waals surface area contributed by atoms with Crippen molar-refractivity contribution in [3.63, 3.8) is 0 Å². The van der Waals surface area contributed by atoms with E-state index >= 15 is 0 Å². The SMILES string of the molecule is Cc1sc(C(=O)c2cncnc2N[C@@H]2C[C@@H](C)[C@H](O)C2)cc1[C@H]1OCCc2ccc(Cl)nc21. The van der Waals surface area contributed by atoms with Crippen LogP contribution in [0, 0.1) is 12.8 Å². The summed E-state index contributed by atoms with van der Waals surface area (Å²) in [5, 5.41) is 13.9. The van der Waals surface area contributed by atoms with Crippen molar-refractivity contribution in [3.8, 4) is 0 Å². The van der Waals surface area contributed by atoms with Crippen LogP contribution in [0.15, 0.2) is 30.7 Å². The number of anilines is 1. The monoisotopic (exact) mass is 484 g/mol. The van der Waals surface area contributed by atoms with Crippen LogP contribution < -0.4 is 5.32 Å². The number of hydrogen-bond donors (Lipinski definition) is 2. The number of carbonyl (C=O) groups is 1. The molecule has 5 rings (SSSR count). The average molecular weight is 485 g/mol. The summed E-state index contributed by atoms with van der Waals surface area (Å²) >= 11 is 7.58. The van der Waals surface area contributed by atoms with Crippen LogP contribution in [0.5, 0.6) is 0 Å². The first kappa shape index (κ1) is 22.4. The van der Waals surface area contributed by atoms with Crippen LogP contribution in [0.1, 0.15) is 62.8 Å². The van der Waals surface area contributed by atoms with Crippen molar-refractivity contribution >= 4 is 34.5 Å². The molecule has 2 N–H and O–H groups in total. The molecule has 1 aliphatic carbocycles. The number of nitrogens with one attached hydrogen (secondary N) is 1. The van der Waals surface area contributed by atoms with Crippen molar-refractivity contribution in [1.82, 2.24) is 15.0 Å². The number of aryl methyl sites for hydroxylation is 1. The van der Waals surface area contributed by atoms with Crippen molar-refractivity contribution < 1.29 is 14.6 Å². The second kappa shape index (κ2) is 9.10. The molecule has 7 nitrogen and oxygen atoms in total. The number of rotatable bonds is 5. The van der Waals surface area contributed by atoms with Gasteiger partial charge < -0.3 is 15.2 Å². The summed E-state index contributed by atoms with van der Waals surface area (Å²) in [6, 6.07) is 5.75. The lowest BCUT2D eigenvalue weighted by Gasteiger charge is -2.25. The zero-order chi connectivity index (χ0) is 23.1. The lowest BCUT2D eigenvalue weighted by molar-refractivity contribution is 0.0663. The third-order valence-corrected chi connectivity index (χ3v) is 7.76. The molecule has 0 unspecified atom stereocenters. The number of pyridine rings is 1. The molecule has 1 saturated carbocycles. The zero-order valence-corrected chi connectivity index (χ0v) is 20.0. The number of aromatic nitrogens is 3. The van der Waals surface area contributed by atoms with Gasteiger partial charge in [-0.25, -0.2) is 15.0 Å². The van der Waals surface area contributed by atoms with E-state index in [1.165, 1.54) is 17.7 Å². The van der Waals surface area contributed by atoms with Crippen LogP contribution >= 0.6 is 22.9 Å². The van der Waals surface area contributed by atoms with Gasteiger partial charge in [-0.05, 0) is 49.8 Å². The fourth-order valence-corrected chi connectivity index (χ4v) is 5.83. The number of halogens is 1. The van der Waals surface area contributed by atoms with E-state index in [-0.39, 0.29) is 30.0 Å². The Kier molecular flexibility index (Phi) is 6.18. The summed E-state index contributed by atoms with van der Waals surface area (Å²) < 4.78 is 6.07. The molecule has 0 radical (unpaired) electrons. The smallest absolute Gasteiger partial charge is 0.208 e. The normalized spacial score (nSPS) is 24.5. The highest BCUT2D eigenvalue weighted by Gasteiger charge is 2.32. The highest BCUT2D eigenvalue weighted by atomic mass is 35.5. The highest BCUT2D eigenvalue weighted by molar-refractivity contribution is 7.14. The fraction of sp³-hybridized carbons (Fsp3) is 0.417. The molecule has 1 aliphatic heterocycles. The molecule has 0 spiro atoms. The highest BCUT2D eigenvalue weighted by Crippen LogP contribution is 2.38. The van der Waals surface area contributed by atoms with Gasteiger partial charge in [0.25, 0.3) is 0 Å². The summed E-state index contributed by atoms with van der Waals surface area (Å²) in [5.74, 6) is 0.576. The molecular weight excluding hydrogens is 460 g/mol. The van der Waals surface area contributed by atoms with Crippen LogP contribution in [0.25, 0.3) is 0 Å². The largest absolute Gasteiger partial charge is 0.393 e. The predicted molar refractivity (Wildman–Crippen MR) is 127 cm³/mol. The van der Waals surface area contributed by atoms with Crippen molar-refractivity contribution in [2.45, 2.75) is 51.4 Å². The summed E-state index contributed by atoms with van der Waals surface area (Å²) in [6.07, 6.45) is 4.54. The number of aliphatic hydroxyl groups is 1. The number of fused-ring (bicyclic) bond motifs is 1. The molecule has 0 aromatic carbocycles. The van der Waals surface area contributed by atoms with Gasteiger partial charge >= 0.3 is 0 Å². The van der Waals surface area contributed by atoms with Crippen LogP contribution in [0.2, 0.25) is 5.15 Å². The van der Waals surface area contributed by atoms with Gasteiger partial charge in [-0.15, -0.1) is 11.3 Å². The van der Waals surface area contributed by atoms with Gasteiger partial charge in [0.1, 0.15) is 23.4 Å². The number of ether oxygens (including phenoxy) is 1. The van der Waals surface area contributed by atoms with Gasteiger partial charge in [-0.2, -0.15) is 0 Å². The number of carbonyl (C=O) groups excluding carboxylic acids is 1. The van der Waals surface area contributed by atoms with E-state index in [1.54, 1.807) is 12.3 Å². The second-order valence-corrected chi connectivity index (χ2v) is 10.4. The summed E-state index contributed by atoms with van der Waals surface area (Å²) in [6.45, 7) is 4.61. The van der Waals surface area contributed by atoms with Gasteiger partial charge in [-0.1, -0.05) is 24.6 Å². The molecule has 33 heavy (non-hydrogen) atoms. The fourth-order valence-electron chi connectivity index (χ4n) is 4.67. The van der Waals surface area contributed by atoms with E-state index < -0.39 is 0 Å². The zero-order valence-electron chi connectivity index (χ0n) is 18.4. The first-order valence-electron chi connectivity index (χ1n) is 11.1. The minimum atomic E-state index is -0.351. The Hall–Kier alpha value is -2.39. The molecule has 0 bridgehead atoms. The second-order valence-electron chi connectivity index (χ2n) is 8.77. The third-order valence-electron chi connectivity index (χ3n) is 6.48. The van der Waals surface area contributed by atoms with Gasteiger partial charge in [0.05, 0.1) is 28.8 Å². The van der Waals surface area contributed by atoms with Gasteiger partial charge in [0.15, 0.2) is 0 Å². The Morgan fingerprint density at radius 3 is 2.97 bits per heavy atom.